The Balaban J connectivity index is 2.93. The molecule has 0 saturated carbocycles. The average molecular weight is 177 g/mol. The van der Waals surface area contributed by atoms with Crippen LogP contribution in [0.15, 0.2) is 36.9 Å². The Morgan fingerprint density at radius 3 is 2.38 bits per heavy atom. The zero-order chi connectivity index (χ0) is 9.84. The van der Waals surface area contributed by atoms with Crippen LogP contribution in [0.25, 0.3) is 0 Å². The molecule has 0 amide bonds. The minimum Gasteiger partial charge on any atom is -0.478 e. The van der Waals surface area contributed by atoms with E-state index in [4.69, 9.17) is 10.8 Å². The molecule has 0 aromatic heterocycles. The zero-order valence-electron chi connectivity index (χ0n) is 7.10. The van der Waals surface area contributed by atoms with E-state index in [9.17, 15) is 4.79 Å². The van der Waals surface area contributed by atoms with E-state index in [-0.39, 0.29) is 11.6 Å². The molecule has 0 aliphatic carbocycles. The Kier molecular flexibility index (Phi) is 2.82. The summed E-state index contributed by atoms with van der Waals surface area (Å²) in [5, 5.41) is 8.62. The minimum atomic E-state index is -0.932. The second-order valence-corrected chi connectivity index (χ2v) is 2.69. The van der Waals surface area contributed by atoms with Crippen molar-refractivity contribution in [2.24, 2.45) is 5.73 Å². The second kappa shape index (κ2) is 3.87. The van der Waals surface area contributed by atoms with Crippen molar-refractivity contribution in [3.05, 3.63) is 48.0 Å². The molecular formula is C10H11NO2. The van der Waals surface area contributed by atoms with Gasteiger partial charge in [-0.05, 0) is 17.7 Å². The third-order valence-electron chi connectivity index (χ3n) is 1.80. The van der Waals surface area contributed by atoms with Crippen molar-refractivity contribution in [3.8, 4) is 0 Å². The fraction of sp³-hybridized carbons (Fsp3) is 0.100. The summed E-state index contributed by atoms with van der Waals surface area (Å²) in [6.07, 6.45) is 1.61. The SMILES string of the molecule is C=CC(N)c1ccc(C(=O)O)cc1. The van der Waals surface area contributed by atoms with Crippen molar-refractivity contribution in [2.75, 3.05) is 0 Å². The fourth-order valence-electron chi connectivity index (χ4n) is 0.984. The lowest BCUT2D eigenvalue weighted by Gasteiger charge is -2.05. The van der Waals surface area contributed by atoms with E-state index in [1.807, 2.05) is 0 Å². The highest BCUT2D eigenvalue weighted by Gasteiger charge is 2.04. The highest BCUT2D eigenvalue weighted by atomic mass is 16.4. The van der Waals surface area contributed by atoms with Crippen LogP contribution < -0.4 is 5.73 Å². The number of hydrogen-bond donors (Lipinski definition) is 2. The first-order chi connectivity index (χ1) is 6.15. The van der Waals surface area contributed by atoms with Gasteiger partial charge in [-0.25, -0.2) is 4.79 Å². The topological polar surface area (TPSA) is 63.3 Å². The van der Waals surface area contributed by atoms with Gasteiger partial charge in [0.15, 0.2) is 0 Å². The van der Waals surface area contributed by atoms with Crippen LogP contribution in [0.5, 0.6) is 0 Å². The number of nitrogens with two attached hydrogens (primary N) is 1. The van der Waals surface area contributed by atoms with E-state index in [1.54, 1.807) is 18.2 Å². The summed E-state index contributed by atoms with van der Waals surface area (Å²) < 4.78 is 0. The standard InChI is InChI=1S/C10H11NO2/c1-2-9(11)7-3-5-8(6-4-7)10(12)13/h2-6,9H,1,11H2,(H,12,13). The molecule has 0 saturated heterocycles. The van der Waals surface area contributed by atoms with Gasteiger partial charge in [0, 0.05) is 6.04 Å². The summed E-state index contributed by atoms with van der Waals surface area (Å²) in [5.74, 6) is -0.932. The van der Waals surface area contributed by atoms with Crippen LogP contribution in [-0.2, 0) is 0 Å². The van der Waals surface area contributed by atoms with Gasteiger partial charge in [-0.2, -0.15) is 0 Å². The number of rotatable bonds is 3. The molecule has 0 aliphatic rings. The number of aromatic carboxylic acids is 1. The van der Waals surface area contributed by atoms with E-state index < -0.39 is 5.97 Å². The minimum absolute atomic E-state index is 0.233. The molecule has 3 nitrogen and oxygen atoms in total. The van der Waals surface area contributed by atoms with E-state index >= 15 is 0 Å². The van der Waals surface area contributed by atoms with Crippen LogP contribution in [0.1, 0.15) is 22.0 Å². The molecule has 3 N–H and O–H groups in total. The summed E-state index contributed by atoms with van der Waals surface area (Å²) in [6.45, 7) is 3.55. The molecule has 0 bridgehead atoms. The highest BCUT2D eigenvalue weighted by molar-refractivity contribution is 5.87. The first-order valence-electron chi connectivity index (χ1n) is 3.86. The molecule has 3 heteroatoms. The molecule has 1 atom stereocenters. The van der Waals surface area contributed by atoms with Gasteiger partial charge < -0.3 is 10.8 Å². The van der Waals surface area contributed by atoms with Crippen LogP contribution in [0, 0.1) is 0 Å². The molecular weight excluding hydrogens is 166 g/mol. The average Bonchev–Trinajstić information content (AvgIpc) is 2.17. The second-order valence-electron chi connectivity index (χ2n) is 2.69. The Bertz CT molecular complexity index is 316. The number of hydrogen-bond acceptors (Lipinski definition) is 2. The van der Waals surface area contributed by atoms with Gasteiger partial charge in [0.25, 0.3) is 0 Å². The maximum Gasteiger partial charge on any atom is 0.335 e. The predicted octanol–water partition coefficient (Wildman–Crippen LogP) is 1.57. The van der Waals surface area contributed by atoms with Crippen LogP contribution in [-0.4, -0.2) is 11.1 Å². The van der Waals surface area contributed by atoms with Gasteiger partial charge in [0.2, 0.25) is 0 Å². The monoisotopic (exact) mass is 177 g/mol. The van der Waals surface area contributed by atoms with Crippen molar-refractivity contribution in [2.45, 2.75) is 6.04 Å². The maximum atomic E-state index is 10.5. The van der Waals surface area contributed by atoms with Gasteiger partial charge >= 0.3 is 5.97 Å². The third kappa shape index (κ3) is 2.16. The number of carbonyl (C=O) groups is 1. The normalized spacial score (nSPS) is 12.1. The van der Waals surface area contributed by atoms with E-state index in [0.717, 1.165) is 5.56 Å². The first kappa shape index (κ1) is 9.48. The maximum absolute atomic E-state index is 10.5. The van der Waals surface area contributed by atoms with Gasteiger partial charge in [-0.3, -0.25) is 0 Å². The molecule has 0 radical (unpaired) electrons. The quantitative estimate of drug-likeness (QED) is 0.689. The summed E-state index contributed by atoms with van der Waals surface area (Å²) in [6, 6.07) is 6.20. The van der Waals surface area contributed by atoms with Crippen molar-refractivity contribution >= 4 is 5.97 Å². The Morgan fingerprint density at radius 1 is 1.46 bits per heavy atom. The lowest BCUT2D eigenvalue weighted by Crippen LogP contribution is -2.06. The Morgan fingerprint density at radius 2 is 2.00 bits per heavy atom. The molecule has 1 unspecified atom stereocenters. The Hall–Kier alpha value is -1.61. The lowest BCUT2D eigenvalue weighted by molar-refractivity contribution is 0.0697. The molecule has 0 spiro atoms. The Labute approximate surface area is 76.5 Å². The van der Waals surface area contributed by atoms with Gasteiger partial charge in [0.1, 0.15) is 0 Å². The van der Waals surface area contributed by atoms with Crippen LogP contribution in [0.2, 0.25) is 0 Å². The number of carboxylic acid groups (broad SMARTS) is 1. The summed E-state index contributed by atoms with van der Waals surface area (Å²) >= 11 is 0. The molecule has 0 fully saturated rings. The molecule has 68 valence electrons. The molecule has 0 aliphatic heterocycles. The third-order valence-corrected chi connectivity index (χ3v) is 1.80. The molecule has 0 heterocycles. The molecule has 1 aromatic carbocycles. The summed E-state index contributed by atoms with van der Waals surface area (Å²) in [4.78, 5) is 10.5. The number of carboxylic acids is 1. The largest absolute Gasteiger partial charge is 0.478 e. The molecule has 13 heavy (non-hydrogen) atoms. The van der Waals surface area contributed by atoms with Crippen molar-refractivity contribution in [3.63, 3.8) is 0 Å². The van der Waals surface area contributed by atoms with E-state index in [0.29, 0.717) is 0 Å². The van der Waals surface area contributed by atoms with Gasteiger partial charge in [-0.15, -0.1) is 6.58 Å². The van der Waals surface area contributed by atoms with Gasteiger partial charge in [-0.1, -0.05) is 18.2 Å². The summed E-state index contributed by atoms with van der Waals surface area (Å²) in [7, 11) is 0. The fourth-order valence-corrected chi connectivity index (χ4v) is 0.984. The lowest BCUT2D eigenvalue weighted by atomic mass is 10.1. The number of benzene rings is 1. The zero-order valence-corrected chi connectivity index (χ0v) is 7.10. The van der Waals surface area contributed by atoms with Crippen LogP contribution in [0.4, 0.5) is 0 Å². The smallest absolute Gasteiger partial charge is 0.335 e. The van der Waals surface area contributed by atoms with Crippen LogP contribution >= 0.6 is 0 Å². The van der Waals surface area contributed by atoms with Gasteiger partial charge in [0.05, 0.1) is 5.56 Å². The van der Waals surface area contributed by atoms with Crippen molar-refractivity contribution in [1.29, 1.82) is 0 Å². The highest BCUT2D eigenvalue weighted by Crippen LogP contribution is 2.11. The predicted molar refractivity (Wildman–Crippen MR) is 50.5 cm³/mol. The van der Waals surface area contributed by atoms with Crippen molar-refractivity contribution < 1.29 is 9.90 Å². The van der Waals surface area contributed by atoms with E-state index in [2.05, 4.69) is 6.58 Å². The first-order valence-corrected chi connectivity index (χ1v) is 3.86. The molecule has 1 rings (SSSR count). The molecule has 1 aromatic rings. The van der Waals surface area contributed by atoms with E-state index in [1.165, 1.54) is 12.1 Å². The van der Waals surface area contributed by atoms with Crippen LogP contribution in [0.3, 0.4) is 0 Å². The van der Waals surface area contributed by atoms with Crippen molar-refractivity contribution in [1.82, 2.24) is 0 Å². The summed E-state index contributed by atoms with van der Waals surface area (Å²) in [5.41, 5.74) is 6.78.